The third-order valence-electron chi connectivity index (χ3n) is 6.35. The predicted octanol–water partition coefficient (Wildman–Crippen LogP) is 3.55. The number of hydrogen-bond acceptors (Lipinski definition) is 4. The molecule has 2 aromatic rings. The number of carbonyl (C=O) groups excluding carboxylic acids is 1. The Kier molecular flexibility index (Phi) is 4.85. The van der Waals surface area contributed by atoms with Crippen molar-refractivity contribution in [1.29, 1.82) is 0 Å². The fourth-order valence-corrected chi connectivity index (χ4v) is 5.63. The first kappa shape index (κ1) is 18.1. The van der Waals surface area contributed by atoms with E-state index in [2.05, 4.69) is 16.3 Å². The van der Waals surface area contributed by atoms with Gasteiger partial charge in [0.2, 0.25) is 5.91 Å². The van der Waals surface area contributed by atoms with E-state index in [0.717, 1.165) is 18.9 Å². The van der Waals surface area contributed by atoms with E-state index in [0.29, 0.717) is 44.5 Å². The average molecular weight is 400 g/mol. The molecule has 1 aromatic heterocycles. The normalized spacial score (nSPS) is 23.0. The van der Waals surface area contributed by atoms with Gasteiger partial charge >= 0.3 is 0 Å². The molecule has 4 nitrogen and oxygen atoms in total. The van der Waals surface area contributed by atoms with Gasteiger partial charge in [0.1, 0.15) is 5.82 Å². The molecule has 0 spiro atoms. The maximum Gasteiger partial charge on any atom is 0.236 e. The predicted molar refractivity (Wildman–Crippen MR) is 110 cm³/mol. The van der Waals surface area contributed by atoms with Crippen LogP contribution in [0.2, 0.25) is 0 Å². The zero-order valence-corrected chi connectivity index (χ0v) is 16.8. The summed E-state index contributed by atoms with van der Waals surface area (Å²) in [5.74, 6) is 0.756. The summed E-state index contributed by atoms with van der Waals surface area (Å²) in [5.41, 5.74) is 2.11. The molecule has 5 rings (SSSR count). The zero-order valence-electron chi connectivity index (χ0n) is 16.0. The van der Waals surface area contributed by atoms with Crippen LogP contribution in [0.1, 0.15) is 29.3 Å². The highest BCUT2D eigenvalue weighted by Crippen LogP contribution is 2.48. The number of nitrogens with zero attached hydrogens (tertiary/aromatic N) is 3. The molecule has 3 aliphatic rings. The van der Waals surface area contributed by atoms with Crippen LogP contribution in [0.25, 0.3) is 0 Å². The van der Waals surface area contributed by atoms with E-state index in [-0.39, 0.29) is 11.7 Å². The van der Waals surface area contributed by atoms with E-state index in [1.54, 1.807) is 6.07 Å². The van der Waals surface area contributed by atoms with Gasteiger partial charge in [0.25, 0.3) is 0 Å². The number of para-hydroxylation sites is 1. The molecule has 1 aromatic carbocycles. The Morgan fingerprint density at radius 3 is 2.61 bits per heavy atom. The van der Waals surface area contributed by atoms with Crippen molar-refractivity contribution in [2.45, 2.75) is 25.3 Å². The molecule has 6 heteroatoms. The Hall–Kier alpha value is -1.92. The minimum atomic E-state index is -0.186. The summed E-state index contributed by atoms with van der Waals surface area (Å²) in [4.78, 5) is 20.9. The van der Waals surface area contributed by atoms with Crippen molar-refractivity contribution in [3.63, 3.8) is 0 Å². The van der Waals surface area contributed by atoms with Gasteiger partial charge in [-0.05, 0) is 54.3 Å². The van der Waals surface area contributed by atoms with Gasteiger partial charge in [-0.1, -0.05) is 12.1 Å². The number of benzene rings is 1. The number of amides is 1. The molecule has 1 atom stereocenters. The summed E-state index contributed by atoms with van der Waals surface area (Å²) in [6.07, 6.45) is 3.63. The minimum Gasteiger partial charge on any atom is -0.366 e. The zero-order chi connectivity index (χ0) is 19.1. The Morgan fingerprint density at radius 2 is 1.86 bits per heavy atom. The van der Waals surface area contributed by atoms with Gasteiger partial charge in [-0.25, -0.2) is 4.39 Å². The molecular weight excluding hydrogens is 373 g/mol. The van der Waals surface area contributed by atoms with Gasteiger partial charge < -0.3 is 9.80 Å². The van der Waals surface area contributed by atoms with E-state index in [1.807, 2.05) is 33.3 Å². The lowest BCUT2D eigenvalue weighted by Crippen LogP contribution is -2.52. The summed E-state index contributed by atoms with van der Waals surface area (Å²) in [6.45, 7) is 4.20. The molecule has 1 aliphatic carbocycles. The molecule has 0 N–H and O–H groups in total. The largest absolute Gasteiger partial charge is 0.366 e. The van der Waals surface area contributed by atoms with Crippen LogP contribution in [0.3, 0.4) is 0 Å². The second kappa shape index (κ2) is 7.48. The van der Waals surface area contributed by atoms with Crippen LogP contribution < -0.4 is 4.90 Å². The highest BCUT2D eigenvalue weighted by molar-refractivity contribution is 7.10. The molecule has 2 fully saturated rings. The number of thiophene rings is 1. The topological polar surface area (TPSA) is 26.8 Å². The Morgan fingerprint density at radius 1 is 1.07 bits per heavy atom. The van der Waals surface area contributed by atoms with Gasteiger partial charge in [0, 0.05) is 43.6 Å². The first-order valence-corrected chi connectivity index (χ1v) is 11.2. The first-order valence-electron chi connectivity index (χ1n) is 10.3. The molecular formula is C22H26FN3OS. The smallest absolute Gasteiger partial charge is 0.236 e. The molecule has 0 radical (unpaired) electrons. The number of piperazine rings is 1. The number of hydrogen-bond donors (Lipinski definition) is 0. The Balaban J connectivity index is 1.22. The number of anilines is 1. The van der Waals surface area contributed by atoms with Crippen molar-refractivity contribution in [2.75, 3.05) is 44.2 Å². The number of fused-ring (bicyclic) bond motifs is 1. The van der Waals surface area contributed by atoms with Crippen molar-refractivity contribution >= 4 is 22.9 Å². The second-order valence-corrected chi connectivity index (χ2v) is 9.12. The van der Waals surface area contributed by atoms with E-state index in [1.165, 1.54) is 29.3 Å². The van der Waals surface area contributed by atoms with Crippen LogP contribution in [0.15, 0.2) is 35.7 Å². The van der Waals surface area contributed by atoms with E-state index in [9.17, 15) is 9.18 Å². The first-order chi connectivity index (χ1) is 13.7. The van der Waals surface area contributed by atoms with Gasteiger partial charge in [-0.2, -0.15) is 0 Å². The number of carbonyl (C=O) groups is 1. The Labute approximate surface area is 169 Å². The Bertz CT molecular complexity index is 857. The molecule has 0 bridgehead atoms. The van der Waals surface area contributed by atoms with Crippen molar-refractivity contribution in [3.8, 4) is 0 Å². The monoisotopic (exact) mass is 399 g/mol. The van der Waals surface area contributed by atoms with E-state index in [4.69, 9.17) is 0 Å². The third kappa shape index (κ3) is 3.44. The van der Waals surface area contributed by atoms with Crippen LogP contribution in [-0.4, -0.2) is 55.0 Å². The quantitative estimate of drug-likeness (QED) is 0.787. The fourth-order valence-electron chi connectivity index (χ4n) is 4.72. The number of rotatable bonds is 4. The lowest BCUT2D eigenvalue weighted by molar-refractivity contribution is -0.133. The van der Waals surface area contributed by atoms with Crippen LogP contribution in [0.5, 0.6) is 0 Å². The van der Waals surface area contributed by atoms with Crippen molar-refractivity contribution < 1.29 is 9.18 Å². The summed E-state index contributed by atoms with van der Waals surface area (Å²) >= 11 is 1.86. The molecule has 1 amide bonds. The highest BCUT2D eigenvalue weighted by atomic mass is 32.1. The van der Waals surface area contributed by atoms with Crippen molar-refractivity contribution in [1.82, 2.24) is 9.80 Å². The van der Waals surface area contributed by atoms with E-state index >= 15 is 0 Å². The fraction of sp³-hybridized carbons (Fsp3) is 0.500. The van der Waals surface area contributed by atoms with E-state index < -0.39 is 0 Å². The van der Waals surface area contributed by atoms with Gasteiger partial charge in [0.15, 0.2) is 0 Å². The maximum absolute atomic E-state index is 14.0. The highest BCUT2D eigenvalue weighted by Gasteiger charge is 2.40. The number of halogens is 1. The molecule has 148 valence electrons. The second-order valence-electron chi connectivity index (χ2n) is 8.12. The van der Waals surface area contributed by atoms with Crippen LogP contribution in [0.4, 0.5) is 10.1 Å². The lowest BCUT2D eigenvalue weighted by atomic mass is 9.96. The molecule has 3 heterocycles. The van der Waals surface area contributed by atoms with Gasteiger partial charge in [0.05, 0.1) is 12.2 Å². The third-order valence-corrected chi connectivity index (χ3v) is 7.35. The average Bonchev–Trinajstić information content (AvgIpc) is 3.44. The lowest BCUT2D eigenvalue weighted by Gasteiger charge is -2.39. The van der Waals surface area contributed by atoms with Gasteiger partial charge in [-0.3, -0.25) is 9.69 Å². The SMILES string of the molecule is O=C(CN1CCc2sccc2[C@H]1C1CC1)N1CCN(c2ccccc2F)CC1. The molecule has 1 saturated carbocycles. The van der Waals surface area contributed by atoms with Crippen LogP contribution >= 0.6 is 11.3 Å². The summed E-state index contributed by atoms with van der Waals surface area (Å²) in [7, 11) is 0. The molecule has 28 heavy (non-hydrogen) atoms. The summed E-state index contributed by atoms with van der Waals surface area (Å²) in [6, 6.07) is 9.60. The molecule has 2 aliphatic heterocycles. The minimum absolute atomic E-state index is 0.186. The van der Waals surface area contributed by atoms with Crippen molar-refractivity contribution in [3.05, 3.63) is 52.0 Å². The summed E-state index contributed by atoms with van der Waals surface area (Å²) < 4.78 is 14.0. The molecule has 0 unspecified atom stereocenters. The summed E-state index contributed by atoms with van der Waals surface area (Å²) in [5, 5.41) is 2.20. The molecule has 1 saturated heterocycles. The van der Waals surface area contributed by atoms with Crippen LogP contribution in [0, 0.1) is 11.7 Å². The maximum atomic E-state index is 14.0. The standard InChI is InChI=1S/C22H26FN3OS/c23-18-3-1-2-4-19(18)24-10-12-25(13-11-24)21(27)15-26-9-7-20-17(8-14-28-20)22(26)16-5-6-16/h1-4,8,14,16,22H,5-7,9-13,15H2/t22-/m1/s1. The van der Waals surface area contributed by atoms with Crippen LogP contribution in [-0.2, 0) is 11.2 Å². The van der Waals surface area contributed by atoms with Gasteiger partial charge in [-0.15, -0.1) is 11.3 Å². The van der Waals surface area contributed by atoms with Crippen molar-refractivity contribution in [2.24, 2.45) is 5.92 Å².